The molecule has 0 amide bonds. The molecule has 0 aromatic heterocycles. The van der Waals surface area contributed by atoms with E-state index in [9.17, 15) is 4.79 Å². The van der Waals surface area contributed by atoms with Crippen molar-refractivity contribution in [3.05, 3.63) is 0 Å². The molecule has 1 saturated heterocycles. The molecule has 4 heteroatoms. The lowest BCUT2D eigenvalue weighted by molar-refractivity contribution is -0.142. The number of rotatable bonds is 2. The topological polar surface area (TPSA) is 38.3 Å². The molecule has 10 heavy (non-hydrogen) atoms. The van der Waals surface area contributed by atoms with E-state index in [2.05, 4.69) is 5.32 Å². The van der Waals surface area contributed by atoms with Gasteiger partial charge in [-0.25, -0.2) is 0 Å². The first-order valence-electron chi connectivity index (χ1n) is 3.13. The summed E-state index contributed by atoms with van der Waals surface area (Å²) < 4.78 is 4.77. The highest BCUT2D eigenvalue weighted by molar-refractivity contribution is 5.85. The molecule has 0 unspecified atom stereocenters. The molecule has 0 spiro atoms. The van der Waals surface area contributed by atoms with E-state index in [4.69, 9.17) is 4.74 Å². The summed E-state index contributed by atoms with van der Waals surface area (Å²) in [6.07, 6.45) is 0. The Morgan fingerprint density at radius 1 is 1.70 bits per heavy atom. The standard InChI is InChI=1S/C6H11NO2.ClH/c1-5(8)9-4-6-2-7-3-6;/h6-7H,2-4H2,1H3;1H. The molecule has 1 aliphatic heterocycles. The van der Waals surface area contributed by atoms with Crippen LogP contribution < -0.4 is 5.32 Å². The largest absolute Gasteiger partial charge is 0.465 e. The predicted octanol–water partition coefficient (Wildman–Crippen LogP) is 0.191. The molecule has 3 nitrogen and oxygen atoms in total. The van der Waals surface area contributed by atoms with Crippen LogP contribution >= 0.6 is 12.4 Å². The second-order valence-electron chi connectivity index (χ2n) is 2.33. The molecule has 0 aromatic carbocycles. The average molecular weight is 166 g/mol. The Balaban J connectivity index is 0.000000810. The number of ether oxygens (including phenoxy) is 1. The summed E-state index contributed by atoms with van der Waals surface area (Å²) in [5.41, 5.74) is 0. The molecular weight excluding hydrogens is 154 g/mol. The summed E-state index contributed by atoms with van der Waals surface area (Å²) in [7, 11) is 0. The number of hydrogen-bond acceptors (Lipinski definition) is 3. The van der Waals surface area contributed by atoms with Crippen molar-refractivity contribution in [3.63, 3.8) is 0 Å². The van der Waals surface area contributed by atoms with Crippen LogP contribution in [0.15, 0.2) is 0 Å². The normalized spacial score (nSPS) is 16.9. The summed E-state index contributed by atoms with van der Waals surface area (Å²) in [6, 6.07) is 0. The van der Waals surface area contributed by atoms with Crippen molar-refractivity contribution in [2.24, 2.45) is 5.92 Å². The maximum atomic E-state index is 10.2. The monoisotopic (exact) mass is 165 g/mol. The first kappa shape index (κ1) is 9.72. The lowest BCUT2D eigenvalue weighted by Crippen LogP contribution is -2.44. The van der Waals surface area contributed by atoms with Gasteiger partial charge in [-0.1, -0.05) is 0 Å². The van der Waals surface area contributed by atoms with Crippen LogP contribution in [0.3, 0.4) is 0 Å². The van der Waals surface area contributed by atoms with Crippen molar-refractivity contribution in [1.82, 2.24) is 5.32 Å². The number of carbonyl (C=O) groups excluding carboxylic acids is 1. The maximum Gasteiger partial charge on any atom is 0.302 e. The van der Waals surface area contributed by atoms with Crippen LogP contribution in [0.2, 0.25) is 0 Å². The molecule has 0 bridgehead atoms. The molecule has 1 heterocycles. The van der Waals surface area contributed by atoms with Crippen LogP contribution in [0.1, 0.15) is 6.92 Å². The van der Waals surface area contributed by atoms with Crippen LogP contribution in [0.4, 0.5) is 0 Å². The lowest BCUT2D eigenvalue weighted by Gasteiger charge is -2.25. The Hall–Kier alpha value is -0.280. The number of halogens is 1. The van der Waals surface area contributed by atoms with Crippen LogP contribution in [-0.2, 0) is 9.53 Å². The Morgan fingerprint density at radius 2 is 2.30 bits per heavy atom. The number of nitrogens with one attached hydrogen (secondary N) is 1. The molecule has 60 valence electrons. The van der Waals surface area contributed by atoms with E-state index in [1.807, 2.05) is 0 Å². The van der Waals surface area contributed by atoms with Crippen molar-refractivity contribution in [2.75, 3.05) is 19.7 Å². The zero-order valence-electron chi connectivity index (χ0n) is 5.92. The minimum absolute atomic E-state index is 0. The van der Waals surface area contributed by atoms with Gasteiger partial charge in [0, 0.05) is 25.9 Å². The summed E-state index contributed by atoms with van der Waals surface area (Å²) in [5.74, 6) is 0.385. The third-order valence-electron chi connectivity index (χ3n) is 1.39. The van der Waals surface area contributed by atoms with Crippen molar-refractivity contribution >= 4 is 18.4 Å². The quantitative estimate of drug-likeness (QED) is 0.594. The zero-order valence-corrected chi connectivity index (χ0v) is 6.74. The summed E-state index contributed by atoms with van der Waals surface area (Å²) >= 11 is 0. The lowest BCUT2D eigenvalue weighted by atomic mass is 10.1. The van der Waals surface area contributed by atoms with Gasteiger partial charge in [-0.3, -0.25) is 4.79 Å². The second-order valence-corrected chi connectivity index (χ2v) is 2.33. The third-order valence-corrected chi connectivity index (χ3v) is 1.39. The van der Waals surface area contributed by atoms with Crippen LogP contribution in [0, 0.1) is 5.92 Å². The maximum absolute atomic E-state index is 10.2. The van der Waals surface area contributed by atoms with Gasteiger partial charge < -0.3 is 10.1 Å². The highest BCUT2D eigenvalue weighted by Gasteiger charge is 2.17. The van der Waals surface area contributed by atoms with Crippen molar-refractivity contribution in [1.29, 1.82) is 0 Å². The third kappa shape index (κ3) is 3.03. The van der Waals surface area contributed by atoms with Gasteiger partial charge in [0.25, 0.3) is 0 Å². The van der Waals surface area contributed by atoms with Crippen molar-refractivity contribution in [3.8, 4) is 0 Å². The van der Waals surface area contributed by atoms with Gasteiger partial charge in [0.15, 0.2) is 0 Å². The van der Waals surface area contributed by atoms with E-state index in [1.54, 1.807) is 0 Å². The minimum Gasteiger partial charge on any atom is -0.465 e. The molecular formula is C6H12ClNO2. The molecule has 0 radical (unpaired) electrons. The summed E-state index contributed by atoms with van der Waals surface area (Å²) in [4.78, 5) is 10.2. The molecule has 0 aliphatic carbocycles. The van der Waals surface area contributed by atoms with Gasteiger partial charge in [0.1, 0.15) is 0 Å². The van der Waals surface area contributed by atoms with Gasteiger partial charge in [0.05, 0.1) is 6.61 Å². The summed E-state index contributed by atoms with van der Waals surface area (Å²) in [5, 5.41) is 3.09. The summed E-state index contributed by atoms with van der Waals surface area (Å²) in [6.45, 7) is 4.01. The van der Waals surface area contributed by atoms with Crippen molar-refractivity contribution in [2.45, 2.75) is 6.92 Å². The zero-order chi connectivity index (χ0) is 6.69. The number of hydrogen-bond donors (Lipinski definition) is 1. The fraction of sp³-hybridized carbons (Fsp3) is 0.833. The van der Waals surface area contributed by atoms with E-state index in [0.717, 1.165) is 13.1 Å². The van der Waals surface area contributed by atoms with Crippen LogP contribution in [-0.4, -0.2) is 25.7 Å². The van der Waals surface area contributed by atoms with Crippen molar-refractivity contribution < 1.29 is 9.53 Å². The fourth-order valence-corrected chi connectivity index (χ4v) is 0.702. The fourth-order valence-electron chi connectivity index (χ4n) is 0.702. The Labute approximate surface area is 66.5 Å². The number of carbonyl (C=O) groups is 1. The van der Waals surface area contributed by atoms with Gasteiger partial charge in [-0.05, 0) is 0 Å². The molecule has 1 aliphatic rings. The average Bonchev–Trinajstić information content (AvgIpc) is 1.60. The highest BCUT2D eigenvalue weighted by Crippen LogP contribution is 2.02. The highest BCUT2D eigenvalue weighted by atomic mass is 35.5. The van der Waals surface area contributed by atoms with E-state index in [-0.39, 0.29) is 18.4 Å². The van der Waals surface area contributed by atoms with Crippen LogP contribution in [0.5, 0.6) is 0 Å². The van der Waals surface area contributed by atoms with E-state index in [1.165, 1.54) is 6.92 Å². The van der Waals surface area contributed by atoms with Crippen LogP contribution in [0.25, 0.3) is 0 Å². The van der Waals surface area contributed by atoms with E-state index >= 15 is 0 Å². The Morgan fingerprint density at radius 3 is 2.60 bits per heavy atom. The molecule has 0 aromatic rings. The number of esters is 1. The first-order chi connectivity index (χ1) is 4.29. The Bertz CT molecular complexity index is 114. The first-order valence-corrected chi connectivity index (χ1v) is 3.13. The smallest absolute Gasteiger partial charge is 0.302 e. The van der Waals surface area contributed by atoms with Gasteiger partial charge in [0.2, 0.25) is 0 Å². The van der Waals surface area contributed by atoms with Gasteiger partial charge >= 0.3 is 5.97 Å². The second kappa shape index (κ2) is 4.52. The van der Waals surface area contributed by atoms with E-state index < -0.39 is 0 Å². The molecule has 1 fully saturated rings. The molecule has 1 N–H and O–H groups in total. The minimum atomic E-state index is -0.179. The van der Waals surface area contributed by atoms with Gasteiger partial charge in [-0.2, -0.15) is 0 Å². The molecule has 1 rings (SSSR count). The molecule has 0 atom stereocenters. The van der Waals surface area contributed by atoms with Gasteiger partial charge in [-0.15, -0.1) is 12.4 Å². The Kier molecular flexibility index (Phi) is 4.40. The predicted molar refractivity (Wildman–Crippen MR) is 40.2 cm³/mol. The van der Waals surface area contributed by atoms with E-state index in [0.29, 0.717) is 12.5 Å². The SMILES string of the molecule is CC(=O)OCC1CNC1.Cl. The molecule has 0 saturated carbocycles.